The molecule has 0 N–H and O–H groups in total. The lowest BCUT2D eigenvalue weighted by Crippen LogP contribution is -3.00. The van der Waals surface area contributed by atoms with Crippen molar-refractivity contribution in [3.8, 4) is 12.3 Å². The lowest BCUT2D eigenvalue weighted by Gasteiger charge is -2.42. The van der Waals surface area contributed by atoms with Crippen LogP contribution in [0.25, 0.3) is 0 Å². The van der Waals surface area contributed by atoms with Crippen LogP contribution in [0.4, 0.5) is 0 Å². The Morgan fingerprint density at radius 2 is 1.58 bits per heavy atom. The molecule has 1 nitrogen and oxygen atoms in total. The molecular weight excluding hydrogens is 170 g/mol. The van der Waals surface area contributed by atoms with Crippen LogP contribution >= 0.6 is 0 Å². The average molecular weight is 190 g/mol. The topological polar surface area (TPSA) is 0 Å². The third-order valence-electron chi connectivity index (χ3n) is 2.81. The van der Waals surface area contributed by atoms with Crippen molar-refractivity contribution in [1.29, 1.82) is 0 Å². The summed E-state index contributed by atoms with van der Waals surface area (Å²) in [5, 5.41) is 0. The largest absolute Gasteiger partial charge is 1.00 e. The van der Waals surface area contributed by atoms with Crippen molar-refractivity contribution in [3.05, 3.63) is 0 Å². The van der Waals surface area contributed by atoms with Crippen LogP contribution in [-0.2, 0) is 0 Å². The second-order valence-corrected chi connectivity index (χ2v) is 4.46. The molecule has 0 aliphatic carbocycles. The van der Waals surface area contributed by atoms with Crippen LogP contribution in [-0.4, -0.2) is 31.2 Å². The zero-order valence-electron chi connectivity index (χ0n) is 8.98. The zero-order valence-corrected chi connectivity index (χ0v) is 9.74. The van der Waals surface area contributed by atoms with Crippen molar-refractivity contribution in [2.75, 3.05) is 21.1 Å². The Morgan fingerprint density at radius 3 is 1.58 bits per heavy atom. The fraction of sp³-hybridized carbons (Fsp3) is 0.800. The molecule has 0 aromatic rings. The van der Waals surface area contributed by atoms with Crippen molar-refractivity contribution in [1.82, 2.24) is 0 Å². The SMILES string of the molecule is C#CC(C)(C(C)C)[N+](C)(C)C.[Cl-]. The first kappa shape index (κ1) is 14.3. The van der Waals surface area contributed by atoms with Crippen LogP contribution in [0.1, 0.15) is 20.8 Å². The van der Waals surface area contributed by atoms with Gasteiger partial charge >= 0.3 is 0 Å². The molecule has 72 valence electrons. The normalized spacial score (nSPS) is 16.2. The van der Waals surface area contributed by atoms with Crippen LogP contribution < -0.4 is 12.4 Å². The average Bonchev–Trinajstić information content (AvgIpc) is 1.83. The summed E-state index contributed by atoms with van der Waals surface area (Å²) in [6.07, 6.45) is 5.53. The van der Waals surface area contributed by atoms with Crippen LogP contribution in [0.2, 0.25) is 0 Å². The summed E-state index contributed by atoms with van der Waals surface area (Å²) in [7, 11) is 6.42. The van der Waals surface area contributed by atoms with E-state index in [2.05, 4.69) is 47.8 Å². The van der Waals surface area contributed by atoms with Gasteiger partial charge in [0, 0.05) is 12.8 Å². The molecule has 0 aromatic heterocycles. The minimum atomic E-state index is -0.0556. The van der Waals surface area contributed by atoms with Gasteiger partial charge in [0.05, 0.1) is 21.1 Å². The number of halogens is 1. The van der Waals surface area contributed by atoms with E-state index >= 15 is 0 Å². The smallest absolute Gasteiger partial charge is 0.159 e. The maximum absolute atomic E-state index is 5.53. The highest BCUT2D eigenvalue weighted by molar-refractivity contribution is 5.07. The summed E-state index contributed by atoms with van der Waals surface area (Å²) < 4.78 is 0.821. The molecule has 0 rings (SSSR count). The Hall–Kier alpha value is -0.190. The Morgan fingerprint density at radius 1 is 1.25 bits per heavy atom. The molecule has 1 unspecified atom stereocenters. The van der Waals surface area contributed by atoms with E-state index < -0.39 is 0 Å². The lowest BCUT2D eigenvalue weighted by molar-refractivity contribution is -0.916. The quantitative estimate of drug-likeness (QED) is 0.376. The molecule has 0 bridgehead atoms. The highest BCUT2D eigenvalue weighted by atomic mass is 35.5. The molecular formula is C10H20ClN. The van der Waals surface area contributed by atoms with E-state index in [1.807, 2.05) is 0 Å². The van der Waals surface area contributed by atoms with Gasteiger partial charge in [0.2, 0.25) is 0 Å². The first-order chi connectivity index (χ1) is 4.75. The van der Waals surface area contributed by atoms with Gasteiger partial charge in [-0.3, -0.25) is 0 Å². The van der Waals surface area contributed by atoms with Gasteiger partial charge in [-0.15, -0.1) is 6.42 Å². The second-order valence-electron chi connectivity index (χ2n) is 4.46. The van der Waals surface area contributed by atoms with Gasteiger partial charge in [0.25, 0.3) is 0 Å². The Bertz CT molecular complexity index is 173. The Balaban J connectivity index is 0. The summed E-state index contributed by atoms with van der Waals surface area (Å²) in [4.78, 5) is 0. The van der Waals surface area contributed by atoms with E-state index in [0.29, 0.717) is 5.92 Å². The van der Waals surface area contributed by atoms with Gasteiger partial charge in [-0.25, -0.2) is 0 Å². The molecule has 0 aliphatic rings. The zero-order chi connectivity index (χ0) is 9.28. The van der Waals surface area contributed by atoms with Crippen molar-refractivity contribution in [3.63, 3.8) is 0 Å². The molecule has 0 fully saturated rings. The molecule has 0 radical (unpaired) electrons. The number of hydrogen-bond acceptors (Lipinski definition) is 0. The molecule has 0 aromatic carbocycles. The molecule has 0 saturated heterocycles. The summed E-state index contributed by atoms with van der Waals surface area (Å²) in [5.41, 5.74) is -0.0556. The van der Waals surface area contributed by atoms with Gasteiger partial charge in [-0.1, -0.05) is 13.8 Å². The van der Waals surface area contributed by atoms with E-state index in [1.54, 1.807) is 0 Å². The molecule has 0 heterocycles. The van der Waals surface area contributed by atoms with E-state index in [-0.39, 0.29) is 17.9 Å². The van der Waals surface area contributed by atoms with Gasteiger partial charge in [0.1, 0.15) is 0 Å². The van der Waals surface area contributed by atoms with E-state index in [0.717, 1.165) is 4.48 Å². The first-order valence-electron chi connectivity index (χ1n) is 4.05. The maximum Gasteiger partial charge on any atom is 0.159 e. The van der Waals surface area contributed by atoms with Gasteiger partial charge < -0.3 is 16.9 Å². The predicted octanol–water partition coefficient (Wildman–Crippen LogP) is -1.26. The van der Waals surface area contributed by atoms with E-state index in [4.69, 9.17) is 6.42 Å². The number of quaternary nitrogens is 1. The molecule has 0 aliphatic heterocycles. The molecule has 0 saturated carbocycles. The van der Waals surface area contributed by atoms with Crippen LogP contribution in [0.3, 0.4) is 0 Å². The number of terminal acetylenes is 1. The van der Waals surface area contributed by atoms with Gasteiger partial charge in [0.15, 0.2) is 5.54 Å². The van der Waals surface area contributed by atoms with E-state index in [1.165, 1.54) is 0 Å². The molecule has 2 heteroatoms. The Kier molecular flexibility index (Phi) is 4.97. The van der Waals surface area contributed by atoms with Crippen LogP contribution in [0.5, 0.6) is 0 Å². The van der Waals surface area contributed by atoms with Gasteiger partial charge in [-0.05, 0) is 5.92 Å². The fourth-order valence-corrected chi connectivity index (χ4v) is 1.13. The minimum Gasteiger partial charge on any atom is -1.00 e. The lowest BCUT2D eigenvalue weighted by atomic mass is 9.86. The minimum absolute atomic E-state index is 0. The Labute approximate surface area is 83.1 Å². The number of hydrogen-bond donors (Lipinski definition) is 0. The van der Waals surface area contributed by atoms with Crippen LogP contribution in [0.15, 0.2) is 0 Å². The molecule has 12 heavy (non-hydrogen) atoms. The van der Waals surface area contributed by atoms with Crippen molar-refractivity contribution < 1.29 is 16.9 Å². The van der Waals surface area contributed by atoms with Crippen molar-refractivity contribution >= 4 is 0 Å². The second kappa shape index (κ2) is 4.16. The molecule has 0 spiro atoms. The maximum atomic E-state index is 5.53. The number of rotatable bonds is 2. The summed E-state index contributed by atoms with van der Waals surface area (Å²) in [5.74, 6) is 3.40. The highest BCUT2D eigenvalue weighted by Crippen LogP contribution is 2.25. The standard InChI is InChI=1S/C10H20N.ClH/c1-8-10(4,9(2)3)11(5,6)7;/h1,9H,2-7H3;1H/q+1;/p-1. The summed E-state index contributed by atoms with van der Waals surface area (Å²) in [6.45, 7) is 6.48. The third kappa shape index (κ3) is 2.40. The first-order valence-corrected chi connectivity index (χ1v) is 4.05. The summed E-state index contributed by atoms with van der Waals surface area (Å²) >= 11 is 0. The van der Waals surface area contributed by atoms with Crippen molar-refractivity contribution in [2.45, 2.75) is 26.3 Å². The van der Waals surface area contributed by atoms with Gasteiger partial charge in [-0.2, -0.15) is 0 Å². The van der Waals surface area contributed by atoms with Crippen molar-refractivity contribution in [2.24, 2.45) is 5.92 Å². The summed E-state index contributed by atoms with van der Waals surface area (Å²) in [6, 6.07) is 0. The predicted molar refractivity (Wildman–Crippen MR) is 50.1 cm³/mol. The monoisotopic (exact) mass is 189 g/mol. The highest BCUT2D eigenvalue weighted by Gasteiger charge is 2.39. The van der Waals surface area contributed by atoms with Crippen LogP contribution in [0, 0.1) is 18.3 Å². The fourth-order valence-electron chi connectivity index (χ4n) is 1.13. The molecule has 0 amide bonds. The van der Waals surface area contributed by atoms with E-state index in [9.17, 15) is 0 Å². The third-order valence-corrected chi connectivity index (χ3v) is 2.81. The molecule has 1 atom stereocenters. The number of nitrogens with zero attached hydrogens (tertiary/aromatic N) is 1.